The third kappa shape index (κ3) is 1.72. The fourth-order valence-corrected chi connectivity index (χ4v) is 0.861. The largest absolute Gasteiger partial charge is 0.382 e. The van der Waals surface area contributed by atoms with Gasteiger partial charge in [-0.1, -0.05) is 20.8 Å². The lowest BCUT2D eigenvalue weighted by Crippen LogP contribution is -2.15. The van der Waals surface area contributed by atoms with E-state index in [1.54, 1.807) is 0 Å². The molecular formula is C9H15N3. The molecule has 3 heteroatoms. The zero-order valence-corrected chi connectivity index (χ0v) is 8.05. The third-order valence-electron chi connectivity index (χ3n) is 1.79. The van der Waals surface area contributed by atoms with Crippen molar-refractivity contribution in [3.8, 4) is 0 Å². The fourth-order valence-electron chi connectivity index (χ4n) is 0.861. The van der Waals surface area contributed by atoms with Gasteiger partial charge >= 0.3 is 0 Å². The van der Waals surface area contributed by atoms with Crippen LogP contribution in [0, 0.1) is 6.92 Å². The molecule has 0 saturated heterocycles. The molecule has 0 radical (unpaired) electrons. The van der Waals surface area contributed by atoms with Crippen LogP contribution in [0.25, 0.3) is 0 Å². The topological polar surface area (TPSA) is 51.8 Å². The molecule has 0 atom stereocenters. The van der Waals surface area contributed by atoms with E-state index in [0.717, 1.165) is 11.3 Å². The summed E-state index contributed by atoms with van der Waals surface area (Å²) in [6.07, 6.45) is 0. The first-order chi connectivity index (χ1) is 5.41. The van der Waals surface area contributed by atoms with E-state index in [1.165, 1.54) is 0 Å². The van der Waals surface area contributed by atoms with E-state index in [0.29, 0.717) is 5.82 Å². The van der Waals surface area contributed by atoms with Gasteiger partial charge in [0.2, 0.25) is 0 Å². The number of aromatic nitrogens is 2. The minimum absolute atomic E-state index is 0.0471. The van der Waals surface area contributed by atoms with Crippen LogP contribution in [0.4, 0.5) is 5.82 Å². The predicted molar refractivity (Wildman–Crippen MR) is 49.9 cm³/mol. The summed E-state index contributed by atoms with van der Waals surface area (Å²) in [7, 11) is 0. The van der Waals surface area contributed by atoms with Crippen LogP contribution < -0.4 is 5.73 Å². The van der Waals surface area contributed by atoms with Crippen LogP contribution in [-0.4, -0.2) is 10.2 Å². The normalized spacial score (nSPS) is 11.7. The lowest BCUT2D eigenvalue weighted by atomic mass is 9.91. The lowest BCUT2D eigenvalue weighted by molar-refractivity contribution is 0.558. The van der Waals surface area contributed by atoms with E-state index in [-0.39, 0.29) is 5.41 Å². The molecule has 0 spiro atoms. The summed E-state index contributed by atoms with van der Waals surface area (Å²) >= 11 is 0. The van der Waals surface area contributed by atoms with Gasteiger partial charge in [-0.25, -0.2) is 0 Å². The zero-order valence-electron chi connectivity index (χ0n) is 8.05. The van der Waals surface area contributed by atoms with E-state index in [9.17, 15) is 0 Å². The quantitative estimate of drug-likeness (QED) is 0.636. The van der Waals surface area contributed by atoms with Gasteiger partial charge in [-0.05, 0) is 18.6 Å². The second kappa shape index (κ2) is 2.73. The fraction of sp³-hybridized carbons (Fsp3) is 0.556. The highest BCUT2D eigenvalue weighted by Gasteiger charge is 2.16. The third-order valence-corrected chi connectivity index (χ3v) is 1.79. The molecule has 2 N–H and O–H groups in total. The summed E-state index contributed by atoms with van der Waals surface area (Å²) in [6.45, 7) is 8.26. The average Bonchev–Trinajstić information content (AvgIpc) is 1.92. The van der Waals surface area contributed by atoms with Crippen LogP contribution in [0.1, 0.15) is 32.0 Å². The van der Waals surface area contributed by atoms with Crippen molar-refractivity contribution in [2.75, 3.05) is 5.73 Å². The van der Waals surface area contributed by atoms with Gasteiger partial charge in [0.1, 0.15) is 5.82 Å². The van der Waals surface area contributed by atoms with Crippen LogP contribution in [0.3, 0.4) is 0 Å². The zero-order chi connectivity index (χ0) is 9.35. The first-order valence-electron chi connectivity index (χ1n) is 4.01. The Morgan fingerprint density at radius 3 is 2.25 bits per heavy atom. The van der Waals surface area contributed by atoms with E-state index >= 15 is 0 Å². The molecule has 1 heterocycles. The summed E-state index contributed by atoms with van der Waals surface area (Å²) in [5, 5.41) is 7.91. The molecule has 0 aliphatic carbocycles. The Labute approximate surface area is 73.0 Å². The highest BCUT2D eigenvalue weighted by atomic mass is 15.1. The lowest BCUT2D eigenvalue weighted by Gasteiger charge is -2.17. The van der Waals surface area contributed by atoms with E-state index < -0.39 is 0 Å². The molecule has 66 valence electrons. The van der Waals surface area contributed by atoms with Crippen LogP contribution in [0.15, 0.2) is 6.07 Å². The molecule has 1 aromatic heterocycles. The molecule has 0 fully saturated rings. The van der Waals surface area contributed by atoms with Crippen LogP contribution in [0.5, 0.6) is 0 Å². The van der Waals surface area contributed by atoms with Gasteiger partial charge in [-0.2, -0.15) is 5.10 Å². The summed E-state index contributed by atoms with van der Waals surface area (Å²) in [5.74, 6) is 0.517. The Bertz CT molecular complexity index is 286. The Morgan fingerprint density at radius 1 is 1.25 bits per heavy atom. The van der Waals surface area contributed by atoms with Gasteiger partial charge in [0.25, 0.3) is 0 Å². The maximum absolute atomic E-state index is 5.56. The van der Waals surface area contributed by atoms with Gasteiger partial charge in [-0.15, -0.1) is 5.10 Å². The molecule has 0 saturated carbocycles. The van der Waals surface area contributed by atoms with Crippen molar-refractivity contribution < 1.29 is 0 Å². The van der Waals surface area contributed by atoms with Gasteiger partial charge in [0, 0.05) is 5.41 Å². The van der Waals surface area contributed by atoms with Crippen molar-refractivity contribution >= 4 is 5.82 Å². The number of hydrogen-bond donors (Lipinski definition) is 1. The predicted octanol–water partition coefficient (Wildman–Crippen LogP) is 1.66. The van der Waals surface area contributed by atoms with E-state index in [2.05, 4.69) is 31.0 Å². The van der Waals surface area contributed by atoms with Gasteiger partial charge in [0.15, 0.2) is 0 Å². The van der Waals surface area contributed by atoms with Crippen LogP contribution >= 0.6 is 0 Å². The molecule has 0 aliphatic rings. The summed E-state index contributed by atoms with van der Waals surface area (Å²) in [6, 6.07) is 1.99. The first kappa shape index (κ1) is 8.97. The molecule has 1 rings (SSSR count). The number of rotatable bonds is 0. The molecule has 1 aromatic rings. The smallest absolute Gasteiger partial charge is 0.149 e. The molecular weight excluding hydrogens is 150 g/mol. The summed E-state index contributed by atoms with van der Waals surface area (Å²) in [4.78, 5) is 0. The van der Waals surface area contributed by atoms with Gasteiger partial charge < -0.3 is 5.73 Å². The highest BCUT2D eigenvalue weighted by molar-refractivity contribution is 5.38. The van der Waals surface area contributed by atoms with E-state index in [4.69, 9.17) is 5.73 Å². The maximum Gasteiger partial charge on any atom is 0.149 e. The van der Waals surface area contributed by atoms with Crippen molar-refractivity contribution in [2.45, 2.75) is 33.1 Å². The maximum atomic E-state index is 5.56. The number of aryl methyl sites for hydroxylation is 1. The number of nitrogens with two attached hydrogens (primary N) is 1. The molecule has 0 unspecified atom stereocenters. The van der Waals surface area contributed by atoms with Crippen molar-refractivity contribution in [2.24, 2.45) is 0 Å². The molecule has 0 aromatic carbocycles. The minimum atomic E-state index is 0.0471. The number of nitrogen functional groups attached to an aromatic ring is 1. The standard InChI is InChI=1S/C9H15N3/c1-6-5-7(9(2,3)4)11-12-8(6)10/h5H,1-4H3,(H2,10,12). The molecule has 0 aliphatic heterocycles. The molecule has 12 heavy (non-hydrogen) atoms. The minimum Gasteiger partial charge on any atom is -0.382 e. The molecule has 0 bridgehead atoms. The van der Waals surface area contributed by atoms with Crippen molar-refractivity contribution in [1.82, 2.24) is 10.2 Å². The Balaban J connectivity index is 3.14. The van der Waals surface area contributed by atoms with Gasteiger partial charge in [0.05, 0.1) is 5.69 Å². The Morgan fingerprint density at radius 2 is 1.83 bits per heavy atom. The monoisotopic (exact) mass is 165 g/mol. The average molecular weight is 165 g/mol. The number of hydrogen-bond acceptors (Lipinski definition) is 3. The van der Waals surface area contributed by atoms with Crippen LogP contribution in [0.2, 0.25) is 0 Å². The van der Waals surface area contributed by atoms with Crippen molar-refractivity contribution in [3.63, 3.8) is 0 Å². The Hall–Kier alpha value is -1.12. The van der Waals surface area contributed by atoms with Crippen molar-refractivity contribution in [1.29, 1.82) is 0 Å². The van der Waals surface area contributed by atoms with Crippen LogP contribution in [-0.2, 0) is 5.41 Å². The van der Waals surface area contributed by atoms with Gasteiger partial charge in [-0.3, -0.25) is 0 Å². The highest BCUT2D eigenvalue weighted by Crippen LogP contribution is 2.20. The second-order valence-corrected chi connectivity index (χ2v) is 4.05. The SMILES string of the molecule is Cc1cc(C(C)(C)C)nnc1N. The molecule has 3 nitrogen and oxygen atoms in total. The second-order valence-electron chi connectivity index (χ2n) is 4.05. The first-order valence-corrected chi connectivity index (χ1v) is 4.01. The summed E-state index contributed by atoms with van der Waals surface area (Å²) < 4.78 is 0. The van der Waals surface area contributed by atoms with Crippen molar-refractivity contribution in [3.05, 3.63) is 17.3 Å². The summed E-state index contributed by atoms with van der Waals surface area (Å²) in [5.41, 5.74) is 7.58. The Kier molecular flexibility index (Phi) is 2.04. The number of anilines is 1. The number of nitrogens with zero attached hydrogens (tertiary/aromatic N) is 2. The molecule has 0 amide bonds. The van der Waals surface area contributed by atoms with E-state index in [1.807, 2.05) is 13.0 Å².